The van der Waals surface area contributed by atoms with Crippen molar-refractivity contribution in [2.24, 2.45) is 0 Å². The van der Waals surface area contributed by atoms with E-state index < -0.39 is 0 Å². The predicted molar refractivity (Wildman–Crippen MR) is 71.5 cm³/mol. The maximum absolute atomic E-state index is 5.73. The van der Waals surface area contributed by atoms with E-state index in [4.69, 9.17) is 9.47 Å². The van der Waals surface area contributed by atoms with Gasteiger partial charge < -0.3 is 14.8 Å². The fourth-order valence-corrected chi connectivity index (χ4v) is 2.13. The molecule has 1 aromatic carbocycles. The van der Waals surface area contributed by atoms with Crippen molar-refractivity contribution in [2.75, 3.05) is 26.3 Å². The second-order valence-electron chi connectivity index (χ2n) is 4.14. The van der Waals surface area contributed by atoms with Gasteiger partial charge in [0.25, 0.3) is 0 Å². The van der Waals surface area contributed by atoms with Crippen molar-refractivity contribution < 1.29 is 9.47 Å². The summed E-state index contributed by atoms with van der Waals surface area (Å²) < 4.78 is 12.4. The van der Waals surface area contributed by atoms with E-state index in [1.54, 1.807) is 0 Å². The monoisotopic (exact) mass is 299 g/mol. The number of hydrogen-bond acceptors (Lipinski definition) is 3. The minimum absolute atomic E-state index is 0.359. The molecule has 0 radical (unpaired) electrons. The van der Waals surface area contributed by atoms with Crippen LogP contribution in [0.4, 0.5) is 0 Å². The summed E-state index contributed by atoms with van der Waals surface area (Å²) in [6.07, 6.45) is 2.72. The van der Waals surface area contributed by atoms with Crippen LogP contribution in [-0.4, -0.2) is 32.4 Å². The minimum Gasteiger partial charge on any atom is -0.491 e. The highest BCUT2D eigenvalue weighted by Crippen LogP contribution is 2.16. The Morgan fingerprint density at radius 3 is 2.76 bits per heavy atom. The van der Waals surface area contributed by atoms with Crippen molar-refractivity contribution in [2.45, 2.75) is 18.9 Å². The molecule has 1 unspecified atom stereocenters. The molecule has 94 valence electrons. The number of piperidine rings is 1. The van der Waals surface area contributed by atoms with Crippen molar-refractivity contribution in [3.8, 4) is 5.75 Å². The standard InChI is InChI=1S/C13H18BrNO2/c14-11-3-5-12(6-4-11)16-8-9-17-13-2-1-7-15-10-13/h3-6,13,15H,1-2,7-10H2. The number of benzene rings is 1. The van der Waals surface area contributed by atoms with Crippen LogP contribution in [-0.2, 0) is 4.74 Å². The van der Waals surface area contributed by atoms with Gasteiger partial charge in [0.15, 0.2) is 0 Å². The van der Waals surface area contributed by atoms with Gasteiger partial charge in [0.1, 0.15) is 12.4 Å². The first-order valence-corrected chi connectivity index (χ1v) is 6.84. The smallest absolute Gasteiger partial charge is 0.119 e. The summed E-state index contributed by atoms with van der Waals surface area (Å²) in [6, 6.07) is 7.85. The molecule has 2 rings (SSSR count). The maximum atomic E-state index is 5.73. The summed E-state index contributed by atoms with van der Waals surface area (Å²) in [7, 11) is 0. The zero-order valence-corrected chi connectivity index (χ0v) is 11.4. The molecule has 4 heteroatoms. The van der Waals surface area contributed by atoms with Crippen LogP contribution in [0.2, 0.25) is 0 Å². The first-order chi connectivity index (χ1) is 8.34. The highest BCUT2D eigenvalue weighted by Gasteiger charge is 2.12. The normalized spacial score (nSPS) is 20.2. The van der Waals surface area contributed by atoms with Crippen molar-refractivity contribution in [3.63, 3.8) is 0 Å². The molecule has 0 saturated carbocycles. The predicted octanol–water partition coefficient (Wildman–Crippen LogP) is 2.60. The van der Waals surface area contributed by atoms with Crippen LogP contribution in [0.3, 0.4) is 0 Å². The van der Waals surface area contributed by atoms with Crippen LogP contribution in [0, 0.1) is 0 Å². The molecule has 3 nitrogen and oxygen atoms in total. The molecule has 1 aliphatic rings. The topological polar surface area (TPSA) is 30.5 Å². The quantitative estimate of drug-likeness (QED) is 0.848. The van der Waals surface area contributed by atoms with Gasteiger partial charge in [0.05, 0.1) is 12.7 Å². The van der Waals surface area contributed by atoms with E-state index in [0.717, 1.165) is 29.7 Å². The second-order valence-corrected chi connectivity index (χ2v) is 5.06. The molecule has 0 aromatic heterocycles. The SMILES string of the molecule is Brc1ccc(OCCOC2CCCNC2)cc1. The van der Waals surface area contributed by atoms with E-state index >= 15 is 0 Å². The second kappa shape index (κ2) is 6.99. The molecular formula is C13H18BrNO2. The lowest BCUT2D eigenvalue weighted by molar-refractivity contribution is 0.0205. The van der Waals surface area contributed by atoms with E-state index in [-0.39, 0.29) is 0 Å². The zero-order chi connectivity index (χ0) is 11.9. The highest BCUT2D eigenvalue weighted by atomic mass is 79.9. The fourth-order valence-electron chi connectivity index (χ4n) is 1.87. The Morgan fingerprint density at radius 1 is 1.24 bits per heavy atom. The molecule has 1 aromatic rings. The molecule has 0 bridgehead atoms. The van der Waals surface area contributed by atoms with Gasteiger partial charge in [0, 0.05) is 11.0 Å². The van der Waals surface area contributed by atoms with Crippen molar-refractivity contribution in [1.82, 2.24) is 5.32 Å². The molecule has 1 heterocycles. The summed E-state index contributed by atoms with van der Waals surface area (Å²) in [6.45, 7) is 3.36. The Bertz CT molecular complexity index is 323. The number of rotatable bonds is 5. The molecule has 17 heavy (non-hydrogen) atoms. The van der Waals surface area contributed by atoms with Crippen LogP contribution >= 0.6 is 15.9 Å². The molecule has 0 aliphatic carbocycles. The maximum Gasteiger partial charge on any atom is 0.119 e. The molecule has 1 fully saturated rings. The fraction of sp³-hybridized carbons (Fsp3) is 0.538. The lowest BCUT2D eigenvalue weighted by Gasteiger charge is -2.23. The Labute approximate surface area is 111 Å². The van der Waals surface area contributed by atoms with E-state index in [9.17, 15) is 0 Å². The van der Waals surface area contributed by atoms with Crippen molar-refractivity contribution >= 4 is 15.9 Å². The Morgan fingerprint density at radius 2 is 2.06 bits per heavy atom. The van der Waals surface area contributed by atoms with Gasteiger partial charge in [-0.1, -0.05) is 15.9 Å². The van der Waals surface area contributed by atoms with Gasteiger partial charge in [0.2, 0.25) is 0 Å². The zero-order valence-electron chi connectivity index (χ0n) is 9.82. The van der Waals surface area contributed by atoms with Gasteiger partial charge in [-0.2, -0.15) is 0 Å². The molecule has 0 spiro atoms. The van der Waals surface area contributed by atoms with Crippen LogP contribution < -0.4 is 10.1 Å². The van der Waals surface area contributed by atoms with Gasteiger partial charge >= 0.3 is 0 Å². The third kappa shape index (κ3) is 4.66. The first kappa shape index (κ1) is 12.9. The molecule has 0 amide bonds. The lowest BCUT2D eigenvalue weighted by Crippen LogP contribution is -2.36. The van der Waals surface area contributed by atoms with Crippen LogP contribution in [0.25, 0.3) is 0 Å². The Kier molecular flexibility index (Phi) is 5.29. The molecular weight excluding hydrogens is 282 g/mol. The van der Waals surface area contributed by atoms with Crippen LogP contribution in [0.1, 0.15) is 12.8 Å². The van der Waals surface area contributed by atoms with Gasteiger partial charge in [-0.15, -0.1) is 0 Å². The number of nitrogens with one attached hydrogen (secondary N) is 1. The summed E-state index contributed by atoms with van der Waals surface area (Å²) in [5.74, 6) is 0.888. The molecule has 1 atom stereocenters. The van der Waals surface area contributed by atoms with Crippen molar-refractivity contribution in [3.05, 3.63) is 28.7 Å². The minimum atomic E-state index is 0.359. The number of ether oxygens (including phenoxy) is 2. The largest absolute Gasteiger partial charge is 0.491 e. The third-order valence-electron chi connectivity index (χ3n) is 2.77. The average molecular weight is 300 g/mol. The van der Waals surface area contributed by atoms with Gasteiger partial charge in [-0.05, 0) is 43.7 Å². The summed E-state index contributed by atoms with van der Waals surface area (Å²) in [4.78, 5) is 0. The Hall–Kier alpha value is -0.580. The first-order valence-electron chi connectivity index (χ1n) is 6.05. The number of hydrogen-bond donors (Lipinski definition) is 1. The van der Waals surface area contributed by atoms with Gasteiger partial charge in [-0.25, -0.2) is 0 Å². The third-order valence-corrected chi connectivity index (χ3v) is 3.30. The highest BCUT2D eigenvalue weighted by molar-refractivity contribution is 9.10. The average Bonchev–Trinajstić information content (AvgIpc) is 2.38. The lowest BCUT2D eigenvalue weighted by atomic mass is 10.1. The summed E-state index contributed by atoms with van der Waals surface area (Å²) >= 11 is 3.39. The van der Waals surface area contributed by atoms with E-state index in [0.29, 0.717) is 19.3 Å². The van der Waals surface area contributed by atoms with Crippen LogP contribution in [0.15, 0.2) is 28.7 Å². The molecule has 1 N–H and O–H groups in total. The van der Waals surface area contributed by atoms with Crippen LogP contribution in [0.5, 0.6) is 5.75 Å². The summed E-state index contributed by atoms with van der Waals surface area (Å²) in [5.41, 5.74) is 0. The van der Waals surface area contributed by atoms with E-state index in [2.05, 4.69) is 21.2 Å². The Balaban J connectivity index is 1.60. The molecule has 1 aliphatic heterocycles. The van der Waals surface area contributed by atoms with Gasteiger partial charge in [-0.3, -0.25) is 0 Å². The van der Waals surface area contributed by atoms with E-state index in [1.165, 1.54) is 6.42 Å². The molecule has 1 saturated heterocycles. The summed E-state index contributed by atoms with van der Waals surface area (Å²) in [5, 5.41) is 3.33. The van der Waals surface area contributed by atoms with Crippen molar-refractivity contribution in [1.29, 1.82) is 0 Å². The van der Waals surface area contributed by atoms with E-state index in [1.807, 2.05) is 24.3 Å². The number of halogens is 1.